The van der Waals surface area contributed by atoms with E-state index in [4.69, 9.17) is 9.47 Å². The number of rotatable bonds is 7. The molecule has 2 aromatic carbocycles. The lowest BCUT2D eigenvalue weighted by molar-refractivity contribution is -0.143. The second kappa shape index (κ2) is 10.6. The summed E-state index contributed by atoms with van der Waals surface area (Å²) in [7, 11) is 0. The smallest absolute Gasteiger partial charge is 0.338 e. The number of esters is 1. The molecule has 180 valence electrons. The zero-order chi connectivity index (χ0) is 25.1. The molecule has 35 heavy (non-hydrogen) atoms. The Labute approximate surface area is 215 Å². The molecule has 0 aliphatic carbocycles. The third kappa shape index (κ3) is 5.23. The number of aromatic nitrogens is 1. The predicted octanol–water partition coefficient (Wildman–Crippen LogP) is 4.51. The number of hydrogen-bond donors (Lipinski definition) is 0. The SMILES string of the molecule is C=CCOc1ccc(C=c2sc3n(c2=O)C(c2ccccc2)C(C(=O)OC(C)C)=C(C)N=3)cc1Br. The Morgan fingerprint density at radius 2 is 2.00 bits per heavy atom. The Balaban J connectivity index is 1.85. The van der Waals surface area contributed by atoms with Crippen LogP contribution >= 0.6 is 27.3 Å². The second-order valence-corrected chi connectivity index (χ2v) is 10.1. The van der Waals surface area contributed by atoms with Crippen LogP contribution in [-0.4, -0.2) is 23.2 Å². The van der Waals surface area contributed by atoms with Crippen molar-refractivity contribution in [3.63, 3.8) is 0 Å². The summed E-state index contributed by atoms with van der Waals surface area (Å²) in [4.78, 5) is 31.9. The predicted molar refractivity (Wildman–Crippen MR) is 141 cm³/mol. The molecular formula is C27H25BrN2O4S. The van der Waals surface area contributed by atoms with E-state index in [1.807, 2.05) is 54.6 Å². The van der Waals surface area contributed by atoms with E-state index in [-0.39, 0.29) is 11.7 Å². The Morgan fingerprint density at radius 3 is 2.66 bits per heavy atom. The number of carbonyl (C=O) groups is 1. The van der Waals surface area contributed by atoms with Crippen molar-refractivity contribution < 1.29 is 14.3 Å². The van der Waals surface area contributed by atoms with E-state index >= 15 is 0 Å². The minimum Gasteiger partial charge on any atom is -0.488 e. The molecule has 1 aromatic heterocycles. The first-order valence-electron chi connectivity index (χ1n) is 11.1. The van der Waals surface area contributed by atoms with Gasteiger partial charge in [-0.25, -0.2) is 9.79 Å². The van der Waals surface area contributed by atoms with Crippen molar-refractivity contribution in [3.8, 4) is 5.75 Å². The largest absolute Gasteiger partial charge is 0.488 e. The van der Waals surface area contributed by atoms with E-state index in [0.717, 1.165) is 15.6 Å². The van der Waals surface area contributed by atoms with Crippen molar-refractivity contribution >= 4 is 39.3 Å². The van der Waals surface area contributed by atoms with E-state index in [1.165, 1.54) is 11.3 Å². The Hall–Kier alpha value is -3.23. The number of fused-ring (bicyclic) bond motifs is 1. The standard InChI is InChI=1S/C27H25BrN2O4S/c1-5-13-33-21-12-11-18(14-20(21)28)15-22-25(31)30-24(19-9-7-6-8-10-19)23(26(32)34-16(2)3)17(4)29-27(30)35-22/h5-12,14-16,24H,1,13H2,2-4H3. The Bertz CT molecular complexity index is 1490. The molecule has 4 rings (SSSR count). The fourth-order valence-corrected chi connectivity index (χ4v) is 5.39. The molecule has 1 atom stereocenters. The van der Waals surface area contributed by atoms with E-state index < -0.39 is 12.0 Å². The molecule has 0 saturated carbocycles. The molecular weight excluding hydrogens is 528 g/mol. The van der Waals surface area contributed by atoms with Crippen LogP contribution in [0.15, 0.2) is 86.7 Å². The van der Waals surface area contributed by atoms with Crippen LogP contribution in [0, 0.1) is 0 Å². The number of nitrogens with zero attached hydrogens (tertiary/aromatic N) is 2. The van der Waals surface area contributed by atoms with Crippen molar-refractivity contribution in [2.45, 2.75) is 32.9 Å². The summed E-state index contributed by atoms with van der Waals surface area (Å²) in [6, 6.07) is 14.5. The first-order chi connectivity index (χ1) is 16.8. The van der Waals surface area contributed by atoms with Gasteiger partial charge in [-0.15, -0.1) is 0 Å². The summed E-state index contributed by atoms with van der Waals surface area (Å²) in [5, 5.41) is 0. The average molecular weight is 553 g/mol. The summed E-state index contributed by atoms with van der Waals surface area (Å²) in [6.45, 7) is 9.44. The van der Waals surface area contributed by atoms with Gasteiger partial charge in [0.05, 0.1) is 32.4 Å². The summed E-state index contributed by atoms with van der Waals surface area (Å²) < 4.78 is 14.0. The van der Waals surface area contributed by atoms with E-state index in [0.29, 0.717) is 33.0 Å². The number of carbonyl (C=O) groups excluding carboxylic acids is 1. The minimum absolute atomic E-state index is 0.215. The molecule has 2 heterocycles. The molecule has 6 nitrogen and oxygen atoms in total. The summed E-state index contributed by atoms with van der Waals surface area (Å²) in [5.74, 6) is 0.222. The molecule has 1 aliphatic heterocycles. The fourth-order valence-electron chi connectivity index (χ4n) is 3.83. The van der Waals surface area contributed by atoms with Crippen LogP contribution in [0.3, 0.4) is 0 Å². The van der Waals surface area contributed by atoms with Crippen LogP contribution in [0.25, 0.3) is 6.08 Å². The lowest BCUT2D eigenvalue weighted by atomic mass is 9.96. The van der Waals surface area contributed by atoms with Gasteiger partial charge in [-0.3, -0.25) is 9.36 Å². The van der Waals surface area contributed by atoms with Crippen molar-refractivity contribution in [1.29, 1.82) is 0 Å². The highest BCUT2D eigenvalue weighted by molar-refractivity contribution is 9.10. The number of benzene rings is 2. The topological polar surface area (TPSA) is 69.9 Å². The third-order valence-corrected chi connectivity index (χ3v) is 6.91. The maximum atomic E-state index is 13.7. The van der Waals surface area contributed by atoms with Crippen LogP contribution in [0.2, 0.25) is 0 Å². The number of halogens is 1. The normalized spacial score (nSPS) is 15.6. The van der Waals surface area contributed by atoms with Crippen LogP contribution in [-0.2, 0) is 9.53 Å². The minimum atomic E-state index is -0.623. The number of thiazole rings is 1. The van der Waals surface area contributed by atoms with Gasteiger partial charge in [0.15, 0.2) is 4.80 Å². The number of ether oxygens (including phenoxy) is 2. The van der Waals surface area contributed by atoms with E-state index in [2.05, 4.69) is 27.5 Å². The average Bonchev–Trinajstić information content (AvgIpc) is 3.12. The highest BCUT2D eigenvalue weighted by atomic mass is 79.9. The van der Waals surface area contributed by atoms with Gasteiger partial charge in [0.2, 0.25) is 0 Å². The molecule has 0 N–H and O–H groups in total. The van der Waals surface area contributed by atoms with Gasteiger partial charge in [0.25, 0.3) is 5.56 Å². The third-order valence-electron chi connectivity index (χ3n) is 5.31. The van der Waals surface area contributed by atoms with Gasteiger partial charge in [0, 0.05) is 0 Å². The van der Waals surface area contributed by atoms with Gasteiger partial charge in [-0.2, -0.15) is 0 Å². The lowest BCUT2D eigenvalue weighted by Gasteiger charge is -2.25. The monoisotopic (exact) mass is 552 g/mol. The lowest BCUT2D eigenvalue weighted by Crippen LogP contribution is -2.40. The molecule has 0 saturated heterocycles. The first-order valence-corrected chi connectivity index (χ1v) is 12.7. The molecule has 0 bridgehead atoms. The molecule has 0 fully saturated rings. The first kappa shape index (κ1) is 24.9. The number of allylic oxidation sites excluding steroid dienone is 1. The van der Waals surface area contributed by atoms with Crippen molar-refractivity contribution in [2.75, 3.05) is 6.61 Å². The van der Waals surface area contributed by atoms with Crippen molar-refractivity contribution in [2.24, 2.45) is 4.99 Å². The fraction of sp³-hybridized carbons (Fsp3) is 0.222. The van der Waals surface area contributed by atoms with Gasteiger partial charge >= 0.3 is 5.97 Å². The maximum absolute atomic E-state index is 13.7. The molecule has 8 heteroatoms. The summed E-state index contributed by atoms with van der Waals surface area (Å²) in [6.07, 6.45) is 3.21. The number of hydrogen-bond acceptors (Lipinski definition) is 6. The summed E-state index contributed by atoms with van der Waals surface area (Å²) in [5.41, 5.74) is 2.35. The Kier molecular flexibility index (Phi) is 7.52. The Morgan fingerprint density at radius 1 is 1.26 bits per heavy atom. The molecule has 0 radical (unpaired) electrons. The zero-order valence-electron chi connectivity index (χ0n) is 19.7. The molecule has 1 aliphatic rings. The quantitative estimate of drug-likeness (QED) is 0.319. The van der Waals surface area contributed by atoms with E-state index in [1.54, 1.807) is 31.4 Å². The summed E-state index contributed by atoms with van der Waals surface area (Å²) >= 11 is 4.81. The van der Waals surface area contributed by atoms with Crippen molar-refractivity contribution in [3.05, 3.63) is 108 Å². The van der Waals surface area contributed by atoms with Crippen molar-refractivity contribution in [1.82, 2.24) is 4.57 Å². The van der Waals surface area contributed by atoms with Crippen LogP contribution in [0.1, 0.15) is 37.9 Å². The molecule has 0 spiro atoms. The van der Waals surface area contributed by atoms with Gasteiger partial charge in [-0.05, 0) is 66.0 Å². The van der Waals surface area contributed by atoms with Crippen LogP contribution < -0.4 is 19.6 Å². The second-order valence-electron chi connectivity index (χ2n) is 8.24. The van der Waals surface area contributed by atoms with E-state index in [9.17, 15) is 9.59 Å². The van der Waals surface area contributed by atoms with Crippen LogP contribution in [0.4, 0.5) is 0 Å². The highest BCUT2D eigenvalue weighted by Crippen LogP contribution is 2.31. The zero-order valence-corrected chi connectivity index (χ0v) is 22.1. The van der Waals surface area contributed by atoms with Gasteiger partial charge < -0.3 is 9.47 Å². The highest BCUT2D eigenvalue weighted by Gasteiger charge is 2.33. The van der Waals surface area contributed by atoms with Crippen LogP contribution in [0.5, 0.6) is 5.75 Å². The molecule has 0 amide bonds. The molecule has 1 unspecified atom stereocenters. The maximum Gasteiger partial charge on any atom is 0.338 e. The van der Waals surface area contributed by atoms with Gasteiger partial charge in [0.1, 0.15) is 12.4 Å². The van der Waals surface area contributed by atoms with Gasteiger partial charge in [-0.1, -0.05) is 60.4 Å². The molecule has 3 aromatic rings.